The molecule has 0 radical (unpaired) electrons. The molecule has 5 rings (SSSR count). The summed E-state index contributed by atoms with van der Waals surface area (Å²) in [7, 11) is 0. The van der Waals surface area contributed by atoms with Crippen LogP contribution in [0.2, 0.25) is 0 Å². The first-order valence-electron chi connectivity index (χ1n) is 13.3. The zero-order valence-electron chi connectivity index (χ0n) is 22.8. The van der Waals surface area contributed by atoms with E-state index >= 15 is 0 Å². The van der Waals surface area contributed by atoms with Gasteiger partial charge in [0.1, 0.15) is 48.3 Å². The summed E-state index contributed by atoms with van der Waals surface area (Å²) in [5.74, 6) is -5.01. The van der Waals surface area contributed by atoms with Crippen LogP contribution in [0.25, 0.3) is 6.08 Å². The maximum Gasteiger partial charge on any atom is 0.270 e. The van der Waals surface area contributed by atoms with Crippen molar-refractivity contribution < 1.29 is 85.0 Å². The van der Waals surface area contributed by atoms with Gasteiger partial charge in [-0.15, -0.1) is 0 Å². The van der Waals surface area contributed by atoms with Crippen LogP contribution in [-0.4, -0.2) is 134 Å². The minimum Gasteiger partial charge on any atom is -0.571 e. The van der Waals surface area contributed by atoms with Crippen molar-refractivity contribution in [1.82, 2.24) is 0 Å². The molecule has 11 atom stereocenters. The van der Waals surface area contributed by atoms with Gasteiger partial charge in [-0.2, -0.15) is 0 Å². The molecule has 0 aromatic heterocycles. The molecule has 2 aromatic rings. The van der Waals surface area contributed by atoms with Crippen molar-refractivity contribution in [2.75, 3.05) is 6.61 Å². The Bertz CT molecular complexity index is 1390. The summed E-state index contributed by atoms with van der Waals surface area (Å²) in [5, 5.41) is 122. The Labute approximate surface area is 247 Å². The molecule has 2 saturated heterocycles. The first kappa shape index (κ1) is 31.6. The highest BCUT2D eigenvalue weighted by molar-refractivity contribution is 5.73. The van der Waals surface area contributed by atoms with Crippen LogP contribution >= 0.6 is 0 Å². The summed E-state index contributed by atoms with van der Waals surface area (Å²) in [5.41, 5.74) is -0.145. The van der Waals surface area contributed by atoms with E-state index in [-0.39, 0.29) is 22.6 Å². The van der Waals surface area contributed by atoms with Gasteiger partial charge in [-0.05, 0) is 19.1 Å². The van der Waals surface area contributed by atoms with E-state index < -0.39 is 109 Å². The van der Waals surface area contributed by atoms with E-state index in [1.54, 1.807) is 0 Å². The second kappa shape index (κ2) is 12.0. The second-order valence-corrected chi connectivity index (χ2v) is 10.7. The number of hydrogen-bond acceptors (Lipinski definition) is 16. The third kappa shape index (κ3) is 5.60. The van der Waals surface area contributed by atoms with E-state index in [2.05, 4.69) is 4.74 Å². The Morgan fingerprint density at radius 2 is 1.27 bits per heavy atom. The molecule has 13 N–H and O–H groups in total. The molecule has 0 saturated carbocycles. The first-order chi connectivity index (χ1) is 20.7. The molecule has 1 unspecified atom stereocenters. The number of benzene rings is 2. The molecule has 0 aliphatic carbocycles. The van der Waals surface area contributed by atoms with Crippen LogP contribution in [0.1, 0.15) is 24.2 Å². The number of ether oxygens (including phenoxy) is 5. The fourth-order valence-electron chi connectivity index (χ4n) is 5.07. The van der Waals surface area contributed by atoms with Crippen LogP contribution < -0.4 is 0 Å². The Balaban J connectivity index is 1.43. The highest BCUT2D eigenvalue weighted by atomic mass is 16.7. The van der Waals surface area contributed by atoms with Crippen molar-refractivity contribution in [2.24, 2.45) is 0 Å². The average Bonchev–Trinajstić information content (AvgIpc) is 2.99. The van der Waals surface area contributed by atoms with Crippen molar-refractivity contribution >= 4 is 6.08 Å². The van der Waals surface area contributed by atoms with Gasteiger partial charge >= 0.3 is 0 Å². The van der Waals surface area contributed by atoms with Crippen molar-refractivity contribution in [2.45, 2.75) is 74.4 Å². The number of fused-ring (bicyclic) bond motifs is 1. The number of phenolic OH excluding ortho intramolecular Hbond substituents is 6. The largest absolute Gasteiger partial charge is 0.571 e. The van der Waals surface area contributed by atoms with Gasteiger partial charge in [-0.3, -0.25) is 0 Å². The van der Waals surface area contributed by atoms with Crippen molar-refractivity contribution in [3.8, 4) is 40.2 Å². The summed E-state index contributed by atoms with van der Waals surface area (Å²) >= 11 is 0. The summed E-state index contributed by atoms with van der Waals surface area (Å²) in [4.78, 5) is 0. The molecule has 0 bridgehead atoms. The Morgan fingerprint density at radius 1 is 0.682 bits per heavy atom. The van der Waals surface area contributed by atoms with Crippen LogP contribution in [-0.2, 0) is 18.9 Å². The minimum atomic E-state index is -1.90. The fourth-order valence-corrected chi connectivity index (χ4v) is 5.07. The fraction of sp³-hybridized carbons (Fsp3) is 0.481. The maximum absolute atomic E-state index is 10.7. The molecule has 2 aromatic carbocycles. The molecular formula is C27H33O17+. The molecule has 17 heteroatoms. The third-order valence-electron chi connectivity index (χ3n) is 7.66. The number of hydrogen-bond donors (Lipinski definition) is 12. The average molecular weight is 630 g/mol. The lowest BCUT2D eigenvalue weighted by Crippen LogP contribution is -2.61. The number of phenols is 6. The van der Waals surface area contributed by atoms with Crippen LogP contribution in [0, 0.1) is 0 Å². The lowest BCUT2D eigenvalue weighted by atomic mass is 9.98. The highest BCUT2D eigenvalue weighted by Crippen LogP contribution is 2.51. The minimum absolute atomic E-state index is 0.00539. The quantitative estimate of drug-likeness (QED) is 0.0927. The monoisotopic (exact) mass is 629 g/mol. The lowest BCUT2D eigenvalue weighted by Gasteiger charge is -2.42. The first-order valence-corrected chi connectivity index (χ1v) is 13.3. The normalized spacial score (nSPS) is 35.3. The smallest absolute Gasteiger partial charge is 0.270 e. The molecule has 0 amide bonds. The van der Waals surface area contributed by atoms with E-state index in [1.807, 2.05) is 0 Å². The second-order valence-electron chi connectivity index (χ2n) is 10.7. The van der Waals surface area contributed by atoms with E-state index in [0.717, 1.165) is 24.3 Å². The lowest BCUT2D eigenvalue weighted by molar-refractivity contribution is -0.325. The van der Waals surface area contributed by atoms with Crippen molar-refractivity contribution in [3.05, 3.63) is 35.1 Å². The number of aliphatic hydroxyl groups excluding tert-OH is 6. The highest BCUT2D eigenvalue weighted by Gasteiger charge is 2.48. The maximum atomic E-state index is 10.7. The van der Waals surface area contributed by atoms with Gasteiger partial charge in [-0.25, -0.2) is 0 Å². The van der Waals surface area contributed by atoms with Gasteiger partial charge < -0.3 is 85.0 Å². The Morgan fingerprint density at radius 3 is 1.93 bits per heavy atom. The Hall–Kier alpha value is -3.78. The van der Waals surface area contributed by atoms with Gasteiger partial charge in [0.05, 0.1) is 24.3 Å². The van der Waals surface area contributed by atoms with Gasteiger partial charge in [0.25, 0.3) is 11.9 Å². The molecule has 44 heavy (non-hydrogen) atoms. The zero-order chi connectivity index (χ0) is 32.2. The molecule has 0 spiro atoms. The molecular weight excluding hydrogens is 596 g/mol. The zero-order valence-corrected chi connectivity index (χ0v) is 22.8. The number of aliphatic hydroxyl groups is 7. The van der Waals surface area contributed by atoms with Crippen LogP contribution in [0.3, 0.4) is 0 Å². The standard InChI is InChI=1S/C27H32O17/c1-7-16(31)21(36)23(38)26(41-7)40-6-15-20(35)22(37)24(39)27(44-15)43-14-4-9-13(5-12(30)19(34)17(9)32)42-25(14)8-2-10(28)18(33)11(29)3-8/h2-5,7,15-16,20-39H,6H2,1H3/p+1/t7-,15-,16+,20-,21+,22+,23-,24-,25?,26-,27-/m1/s1. The summed E-state index contributed by atoms with van der Waals surface area (Å²) in [6.07, 6.45) is -16.0. The number of aromatic hydroxyl groups is 7. The van der Waals surface area contributed by atoms with Gasteiger partial charge in [0, 0.05) is 6.08 Å². The van der Waals surface area contributed by atoms with Crippen molar-refractivity contribution in [3.63, 3.8) is 0 Å². The predicted octanol–water partition coefficient (Wildman–Crippen LogP) is -2.07. The van der Waals surface area contributed by atoms with Crippen molar-refractivity contribution in [1.29, 1.82) is 0 Å². The van der Waals surface area contributed by atoms with Crippen LogP contribution in [0.4, 0.5) is 0 Å². The molecule has 2 fully saturated rings. The van der Waals surface area contributed by atoms with E-state index in [1.165, 1.54) is 6.92 Å². The molecule has 17 nitrogen and oxygen atoms in total. The summed E-state index contributed by atoms with van der Waals surface area (Å²) < 4.78 is 26.7. The topological polar surface area (TPSA) is 292 Å². The summed E-state index contributed by atoms with van der Waals surface area (Å²) in [6, 6.07) is 3.07. The summed E-state index contributed by atoms with van der Waals surface area (Å²) in [6.45, 7) is 0.849. The SMILES string of the molecule is C[C@H]1O[C@@H](OC[C@H]2O[C@@H](OC3=Cc4c(cc(O)c(O)c4O)[OH+]C3c3cc(O)c(O)c(O)c3)[C@H](O)[C@@H](O)[C@@H]2O)[C@H](O)[C@@H](O)[C@H]1O. The van der Waals surface area contributed by atoms with Crippen LogP contribution in [0.15, 0.2) is 24.0 Å². The van der Waals surface area contributed by atoms with Gasteiger partial charge in [0.15, 0.2) is 40.8 Å². The third-order valence-corrected chi connectivity index (χ3v) is 7.66. The molecule has 242 valence electrons. The van der Waals surface area contributed by atoms with Crippen LogP contribution in [0.5, 0.6) is 40.2 Å². The number of rotatable bonds is 6. The molecule has 3 heterocycles. The van der Waals surface area contributed by atoms with E-state index in [9.17, 15) is 61.3 Å². The molecule has 3 aliphatic rings. The van der Waals surface area contributed by atoms with E-state index in [4.69, 9.17) is 18.9 Å². The van der Waals surface area contributed by atoms with Gasteiger partial charge in [0.2, 0.25) is 12.0 Å². The predicted molar refractivity (Wildman–Crippen MR) is 141 cm³/mol. The van der Waals surface area contributed by atoms with Gasteiger partial charge in [-0.1, -0.05) is 0 Å². The van der Waals surface area contributed by atoms with E-state index in [0.29, 0.717) is 0 Å². The molecule has 3 aliphatic heterocycles. The Kier molecular flexibility index (Phi) is 8.60.